The van der Waals surface area contributed by atoms with E-state index < -0.39 is 4.92 Å². The summed E-state index contributed by atoms with van der Waals surface area (Å²) in [5.41, 5.74) is 0.289. The Kier molecular flexibility index (Phi) is 6.64. The Bertz CT molecular complexity index is 1140. The molecule has 0 atom stereocenters. The van der Waals surface area contributed by atoms with Crippen LogP contribution in [0.5, 0.6) is 0 Å². The van der Waals surface area contributed by atoms with Gasteiger partial charge in [-0.15, -0.1) is 0 Å². The van der Waals surface area contributed by atoms with Gasteiger partial charge in [0.25, 0.3) is 0 Å². The summed E-state index contributed by atoms with van der Waals surface area (Å²) < 4.78 is 19.6. The second-order valence-electron chi connectivity index (χ2n) is 7.46. The zero-order valence-corrected chi connectivity index (χ0v) is 17.8. The number of nitro groups is 1. The summed E-state index contributed by atoms with van der Waals surface area (Å²) in [5, 5.41) is 21.2. The Morgan fingerprint density at radius 3 is 2.58 bits per heavy atom. The number of halogens is 1. The molecule has 1 saturated heterocycles. The molecule has 0 amide bonds. The van der Waals surface area contributed by atoms with Crippen LogP contribution in [0.2, 0.25) is 0 Å². The quantitative estimate of drug-likeness (QED) is 0.375. The van der Waals surface area contributed by atoms with Crippen LogP contribution in [0, 0.1) is 27.3 Å². The SMILES string of the molecule is N#CCCN(Cc1ccco1)c1ncnc(N2CCN(c3ccccc3F)CC2)c1[N+](=O)[O-]. The third kappa shape index (κ3) is 4.85. The Hall–Kier alpha value is -4.20. The van der Waals surface area contributed by atoms with E-state index >= 15 is 0 Å². The summed E-state index contributed by atoms with van der Waals surface area (Å²) in [6, 6.07) is 12.1. The number of rotatable bonds is 8. The summed E-state index contributed by atoms with van der Waals surface area (Å²) in [6.45, 7) is 2.32. The fourth-order valence-electron chi connectivity index (χ4n) is 3.89. The molecule has 0 N–H and O–H groups in total. The van der Waals surface area contributed by atoms with Crippen molar-refractivity contribution in [2.45, 2.75) is 13.0 Å². The highest BCUT2D eigenvalue weighted by molar-refractivity contribution is 5.71. The molecule has 1 fully saturated rings. The predicted octanol–water partition coefficient (Wildman–Crippen LogP) is 3.36. The second kappa shape index (κ2) is 9.95. The fraction of sp³-hybridized carbons (Fsp3) is 0.318. The first-order valence-corrected chi connectivity index (χ1v) is 10.5. The number of para-hydroxylation sites is 1. The first kappa shape index (κ1) is 22.0. The number of nitriles is 1. The zero-order chi connectivity index (χ0) is 23.2. The van der Waals surface area contributed by atoms with Crippen molar-refractivity contribution >= 4 is 23.0 Å². The second-order valence-corrected chi connectivity index (χ2v) is 7.46. The van der Waals surface area contributed by atoms with Crippen molar-refractivity contribution in [1.29, 1.82) is 5.26 Å². The van der Waals surface area contributed by atoms with Gasteiger partial charge in [-0.3, -0.25) is 10.1 Å². The lowest BCUT2D eigenvalue weighted by Crippen LogP contribution is -2.47. The van der Waals surface area contributed by atoms with Gasteiger partial charge in [0, 0.05) is 32.7 Å². The van der Waals surface area contributed by atoms with E-state index in [4.69, 9.17) is 9.68 Å². The average molecular weight is 451 g/mol. The largest absolute Gasteiger partial charge is 0.467 e. The van der Waals surface area contributed by atoms with E-state index in [1.165, 1.54) is 18.7 Å². The van der Waals surface area contributed by atoms with Gasteiger partial charge in [-0.25, -0.2) is 14.4 Å². The number of hydrogen-bond donors (Lipinski definition) is 0. The van der Waals surface area contributed by atoms with Gasteiger partial charge in [0.15, 0.2) is 0 Å². The van der Waals surface area contributed by atoms with E-state index in [0.717, 1.165) is 0 Å². The smallest absolute Gasteiger partial charge is 0.353 e. The topological polar surface area (TPSA) is 116 Å². The van der Waals surface area contributed by atoms with Crippen LogP contribution < -0.4 is 14.7 Å². The molecule has 1 aliphatic heterocycles. The van der Waals surface area contributed by atoms with E-state index in [1.54, 1.807) is 35.2 Å². The minimum atomic E-state index is -0.491. The maximum Gasteiger partial charge on any atom is 0.353 e. The third-order valence-corrected chi connectivity index (χ3v) is 5.46. The molecule has 3 heterocycles. The van der Waals surface area contributed by atoms with Gasteiger partial charge in [0.05, 0.1) is 35.9 Å². The molecule has 1 aromatic carbocycles. The fourth-order valence-corrected chi connectivity index (χ4v) is 3.89. The molecule has 1 aliphatic rings. The molecule has 4 rings (SSSR count). The van der Waals surface area contributed by atoms with Crippen LogP contribution in [-0.2, 0) is 6.54 Å². The Morgan fingerprint density at radius 1 is 1.15 bits per heavy atom. The highest BCUT2D eigenvalue weighted by atomic mass is 19.1. The molecule has 170 valence electrons. The van der Waals surface area contributed by atoms with Crippen molar-refractivity contribution in [1.82, 2.24) is 9.97 Å². The summed E-state index contributed by atoms with van der Waals surface area (Å²) in [7, 11) is 0. The first-order valence-electron chi connectivity index (χ1n) is 10.5. The Labute approximate surface area is 189 Å². The van der Waals surface area contributed by atoms with Crippen molar-refractivity contribution in [2.75, 3.05) is 47.4 Å². The van der Waals surface area contributed by atoms with Crippen molar-refractivity contribution in [3.63, 3.8) is 0 Å². The van der Waals surface area contributed by atoms with Crippen molar-refractivity contribution < 1.29 is 13.7 Å². The number of furan rings is 1. The van der Waals surface area contributed by atoms with Gasteiger partial charge in [0.2, 0.25) is 11.6 Å². The van der Waals surface area contributed by atoms with Crippen LogP contribution >= 0.6 is 0 Å². The highest BCUT2D eigenvalue weighted by Crippen LogP contribution is 2.35. The molecule has 33 heavy (non-hydrogen) atoms. The van der Waals surface area contributed by atoms with Gasteiger partial charge in [-0.2, -0.15) is 5.26 Å². The molecule has 0 bridgehead atoms. The van der Waals surface area contributed by atoms with E-state index in [9.17, 15) is 14.5 Å². The number of nitrogens with zero attached hydrogens (tertiary/aromatic N) is 7. The minimum absolute atomic E-state index is 0.133. The number of piperazine rings is 1. The van der Waals surface area contributed by atoms with E-state index in [0.29, 0.717) is 37.6 Å². The highest BCUT2D eigenvalue weighted by Gasteiger charge is 2.32. The van der Waals surface area contributed by atoms with E-state index in [2.05, 4.69) is 16.0 Å². The average Bonchev–Trinajstić information content (AvgIpc) is 3.35. The lowest BCUT2D eigenvalue weighted by Gasteiger charge is -2.36. The molecule has 0 spiro atoms. The zero-order valence-electron chi connectivity index (χ0n) is 17.8. The minimum Gasteiger partial charge on any atom is -0.467 e. The lowest BCUT2D eigenvalue weighted by molar-refractivity contribution is -0.383. The maximum absolute atomic E-state index is 14.2. The molecule has 0 aliphatic carbocycles. The summed E-state index contributed by atoms with van der Waals surface area (Å²) in [5.74, 6) is 0.640. The lowest BCUT2D eigenvalue weighted by atomic mass is 10.2. The molecule has 10 nitrogen and oxygen atoms in total. The van der Waals surface area contributed by atoms with E-state index in [-0.39, 0.29) is 42.7 Å². The molecule has 2 aromatic heterocycles. The summed E-state index contributed by atoms with van der Waals surface area (Å²) in [6.07, 6.45) is 2.98. The van der Waals surface area contributed by atoms with Gasteiger partial charge in [-0.1, -0.05) is 12.1 Å². The molecule has 0 radical (unpaired) electrons. The molecule has 3 aromatic rings. The molecule has 11 heteroatoms. The van der Waals surface area contributed by atoms with Crippen molar-refractivity contribution in [3.05, 3.63) is 70.7 Å². The van der Waals surface area contributed by atoms with Crippen LogP contribution in [0.3, 0.4) is 0 Å². The van der Waals surface area contributed by atoms with Gasteiger partial charge in [-0.05, 0) is 24.3 Å². The van der Waals surface area contributed by atoms with Crippen LogP contribution in [0.4, 0.5) is 27.4 Å². The van der Waals surface area contributed by atoms with Gasteiger partial charge >= 0.3 is 5.69 Å². The predicted molar refractivity (Wildman–Crippen MR) is 120 cm³/mol. The van der Waals surface area contributed by atoms with Crippen LogP contribution in [-0.4, -0.2) is 47.6 Å². The number of hydrogen-bond acceptors (Lipinski definition) is 9. The normalized spacial score (nSPS) is 13.6. The van der Waals surface area contributed by atoms with Gasteiger partial charge in [0.1, 0.15) is 17.9 Å². The maximum atomic E-state index is 14.2. The molecular weight excluding hydrogens is 429 g/mol. The Balaban J connectivity index is 1.60. The first-order chi connectivity index (χ1) is 16.1. The number of anilines is 3. The van der Waals surface area contributed by atoms with Gasteiger partial charge < -0.3 is 19.1 Å². The third-order valence-electron chi connectivity index (χ3n) is 5.46. The molecular formula is C22H22FN7O3. The number of aromatic nitrogens is 2. The van der Waals surface area contributed by atoms with Crippen LogP contribution in [0.15, 0.2) is 53.4 Å². The van der Waals surface area contributed by atoms with E-state index in [1.807, 2.05) is 9.80 Å². The van der Waals surface area contributed by atoms with Crippen LogP contribution in [0.1, 0.15) is 12.2 Å². The Morgan fingerprint density at radius 2 is 1.91 bits per heavy atom. The monoisotopic (exact) mass is 451 g/mol. The standard InChI is InChI=1S/C22H22FN7O3/c23-18-6-1-2-7-19(18)27-10-12-28(13-11-27)21-20(30(31)32)22(26-16-25-21)29(9-4-8-24)15-17-5-3-14-33-17/h1-3,5-7,14,16H,4,9-13,15H2. The summed E-state index contributed by atoms with van der Waals surface area (Å²) >= 11 is 0. The number of benzene rings is 1. The molecule has 0 saturated carbocycles. The molecule has 0 unspecified atom stereocenters. The summed E-state index contributed by atoms with van der Waals surface area (Å²) in [4.78, 5) is 25.4. The van der Waals surface area contributed by atoms with Crippen molar-refractivity contribution in [3.8, 4) is 6.07 Å². The van der Waals surface area contributed by atoms with Crippen LogP contribution in [0.25, 0.3) is 0 Å². The van der Waals surface area contributed by atoms with Crippen molar-refractivity contribution in [2.24, 2.45) is 0 Å².